The maximum atomic E-state index is 13.6. The first-order chi connectivity index (χ1) is 16.0. The molecular formula is C23H38F2N6O2. The molecule has 1 amide bonds. The van der Waals surface area contributed by atoms with Gasteiger partial charge in [-0.1, -0.05) is 6.92 Å². The second kappa shape index (κ2) is 13.0. The SMILES string of the molecule is CCC(F)CNc1ncc(C(=O)NC2CCN(CCCF)CC2)c(NC2CCC(O)CC2)n1. The summed E-state index contributed by atoms with van der Waals surface area (Å²) in [4.78, 5) is 24.0. The molecule has 2 fully saturated rings. The number of halogens is 2. The molecule has 1 aromatic rings. The Labute approximate surface area is 194 Å². The quantitative estimate of drug-likeness (QED) is 0.396. The van der Waals surface area contributed by atoms with Crippen molar-refractivity contribution >= 4 is 17.7 Å². The Balaban J connectivity index is 1.65. The summed E-state index contributed by atoms with van der Waals surface area (Å²) in [7, 11) is 0. The van der Waals surface area contributed by atoms with Crippen molar-refractivity contribution in [1.29, 1.82) is 0 Å². The Morgan fingerprint density at radius 2 is 1.94 bits per heavy atom. The van der Waals surface area contributed by atoms with Crippen LogP contribution in [0.1, 0.15) is 68.6 Å². The fourth-order valence-corrected chi connectivity index (χ4v) is 4.35. The topological polar surface area (TPSA) is 102 Å². The van der Waals surface area contributed by atoms with Crippen LogP contribution in [0.4, 0.5) is 20.5 Å². The fourth-order valence-electron chi connectivity index (χ4n) is 4.35. The molecule has 0 bridgehead atoms. The van der Waals surface area contributed by atoms with E-state index < -0.39 is 6.17 Å². The van der Waals surface area contributed by atoms with Gasteiger partial charge in [-0.05, 0) is 51.4 Å². The zero-order valence-corrected chi connectivity index (χ0v) is 19.5. The molecule has 1 saturated carbocycles. The van der Waals surface area contributed by atoms with Gasteiger partial charge in [0.15, 0.2) is 0 Å². The highest BCUT2D eigenvalue weighted by Gasteiger charge is 2.25. The Hall–Kier alpha value is -2.07. The molecule has 1 saturated heterocycles. The Morgan fingerprint density at radius 3 is 2.61 bits per heavy atom. The molecule has 2 heterocycles. The van der Waals surface area contributed by atoms with Gasteiger partial charge in [0.25, 0.3) is 5.91 Å². The summed E-state index contributed by atoms with van der Waals surface area (Å²) in [6.07, 6.45) is 5.77. The molecule has 33 heavy (non-hydrogen) atoms. The minimum Gasteiger partial charge on any atom is -0.393 e. The van der Waals surface area contributed by atoms with Gasteiger partial charge < -0.3 is 26.0 Å². The molecule has 1 unspecified atom stereocenters. The molecule has 0 aromatic carbocycles. The minimum atomic E-state index is -0.997. The molecule has 2 aliphatic rings. The Morgan fingerprint density at radius 1 is 1.21 bits per heavy atom. The number of aromatic nitrogens is 2. The lowest BCUT2D eigenvalue weighted by Crippen LogP contribution is -2.45. The predicted octanol–water partition coefficient (Wildman–Crippen LogP) is 2.91. The predicted molar refractivity (Wildman–Crippen MR) is 125 cm³/mol. The van der Waals surface area contributed by atoms with Crippen LogP contribution in [0.25, 0.3) is 0 Å². The summed E-state index contributed by atoms with van der Waals surface area (Å²) in [6.45, 7) is 4.00. The lowest BCUT2D eigenvalue weighted by molar-refractivity contribution is 0.0910. The van der Waals surface area contributed by atoms with E-state index in [0.717, 1.165) is 45.3 Å². The van der Waals surface area contributed by atoms with Crippen molar-refractivity contribution in [2.45, 2.75) is 82.6 Å². The van der Waals surface area contributed by atoms with Crippen LogP contribution in [0, 0.1) is 0 Å². The van der Waals surface area contributed by atoms with Gasteiger partial charge in [-0.15, -0.1) is 0 Å². The summed E-state index contributed by atoms with van der Waals surface area (Å²) in [5.74, 6) is 0.472. The summed E-state index contributed by atoms with van der Waals surface area (Å²) >= 11 is 0. The standard InChI is InChI=1S/C23H38F2N6O2/c1-2-16(25)14-26-23-27-15-20(21(30-23)28-17-4-6-19(32)7-5-17)22(33)29-18-8-12-31(13-9-18)11-3-10-24/h15-19,32H,2-14H2,1H3,(H,29,33)(H2,26,27,28,30). The van der Waals surface area contributed by atoms with Crippen LogP contribution < -0.4 is 16.0 Å². The minimum absolute atomic E-state index is 0.0476. The van der Waals surface area contributed by atoms with Crippen LogP contribution in [0.5, 0.6) is 0 Å². The zero-order valence-electron chi connectivity index (χ0n) is 19.5. The largest absolute Gasteiger partial charge is 0.393 e. The molecule has 1 atom stereocenters. The van der Waals surface area contributed by atoms with Crippen LogP contribution in [0.2, 0.25) is 0 Å². The first kappa shape index (κ1) is 25.6. The lowest BCUT2D eigenvalue weighted by Gasteiger charge is -2.32. The van der Waals surface area contributed by atoms with Crippen molar-refractivity contribution in [3.63, 3.8) is 0 Å². The summed E-state index contributed by atoms with van der Waals surface area (Å²) in [5.41, 5.74) is 0.360. The van der Waals surface area contributed by atoms with E-state index in [9.17, 15) is 18.7 Å². The molecule has 4 N–H and O–H groups in total. The van der Waals surface area contributed by atoms with Gasteiger partial charge in [0.05, 0.1) is 12.8 Å². The molecule has 3 rings (SSSR count). The van der Waals surface area contributed by atoms with E-state index in [0.29, 0.717) is 37.1 Å². The van der Waals surface area contributed by atoms with Crippen molar-refractivity contribution < 1.29 is 18.7 Å². The van der Waals surface area contributed by atoms with E-state index in [4.69, 9.17) is 0 Å². The maximum Gasteiger partial charge on any atom is 0.256 e. The van der Waals surface area contributed by atoms with E-state index in [1.54, 1.807) is 6.92 Å². The van der Waals surface area contributed by atoms with Crippen LogP contribution in [0.15, 0.2) is 6.20 Å². The van der Waals surface area contributed by atoms with Crippen LogP contribution >= 0.6 is 0 Å². The number of hydrogen-bond donors (Lipinski definition) is 4. The number of piperidine rings is 1. The fraction of sp³-hybridized carbons (Fsp3) is 0.783. The van der Waals surface area contributed by atoms with E-state index >= 15 is 0 Å². The van der Waals surface area contributed by atoms with E-state index in [1.807, 2.05) is 0 Å². The number of carbonyl (C=O) groups is 1. The zero-order chi connectivity index (χ0) is 23.6. The molecule has 8 nitrogen and oxygen atoms in total. The van der Waals surface area contributed by atoms with Gasteiger partial charge in [-0.2, -0.15) is 4.98 Å². The highest BCUT2D eigenvalue weighted by molar-refractivity contribution is 5.98. The number of amides is 1. The smallest absolute Gasteiger partial charge is 0.256 e. The second-order valence-electron chi connectivity index (χ2n) is 9.12. The summed E-state index contributed by atoms with van der Waals surface area (Å²) in [5, 5.41) is 19.2. The summed E-state index contributed by atoms with van der Waals surface area (Å²) < 4.78 is 26.1. The normalized spacial score (nSPS) is 23.2. The third-order valence-electron chi connectivity index (χ3n) is 6.53. The highest BCUT2D eigenvalue weighted by atomic mass is 19.1. The average Bonchev–Trinajstić information content (AvgIpc) is 2.83. The summed E-state index contributed by atoms with van der Waals surface area (Å²) in [6, 6.07) is 0.150. The van der Waals surface area contributed by atoms with Gasteiger partial charge in [-0.3, -0.25) is 9.18 Å². The van der Waals surface area contributed by atoms with Crippen molar-refractivity contribution in [2.75, 3.05) is 43.5 Å². The van der Waals surface area contributed by atoms with Crippen molar-refractivity contribution in [1.82, 2.24) is 20.2 Å². The van der Waals surface area contributed by atoms with Crippen LogP contribution in [-0.2, 0) is 0 Å². The third kappa shape index (κ3) is 8.03. The van der Waals surface area contributed by atoms with E-state index in [1.165, 1.54) is 6.20 Å². The van der Waals surface area contributed by atoms with Crippen molar-refractivity contribution in [2.24, 2.45) is 0 Å². The second-order valence-corrected chi connectivity index (χ2v) is 9.12. The van der Waals surface area contributed by atoms with Crippen molar-refractivity contribution in [3.8, 4) is 0 Å². The molecule has 0 radical (unpaired) electrons. The number of rotatable bonds is 11. The highest BCUT2D eigenvalue weighted by Crippen LogP contribution is 2.24. The van der Waals surface area contributed by atoms with Crippen LogP contribution in [0.3, 0.4) is 0 Å². The molecule has 1 aliphatic heterocycles. The molecular weight excluding hydrogens is 430 g/mol. The van der Waals surface area contributed by atoms with Crippen LogP contribution in [-0.4, -0.2) is 83.1 Å². The Kier molecular flexibility index (Phi) is 10.1. The van der Waals surface area contributed by atoms with Gasteiger partial charge in [0.1, 0.15) is 17.6 Å². The number of alkyl halides is 2. The van der Waals surface area contributed by atoms with E-state index in [-0.39, 0.29) is 43.3 Å². The molecule has 186 valence electrons. The molecule has 10 heteroatoms. The number of aliphatic hydroxyl groups excluding tert-OH is 1. The monoisotopic (exact) mass is 468 g/mol. The van der Waals surface area contributed by atoms with E-state index in [2.05, 4.69) is 30.8 Å². The number of carbonyl (C=O) groups excluding carboxylic acids is 1. The lowest BCUT2D eigenvalue weighted by atomic mass is 9.93. The average molecular weight is 469 g/mol. The Bertz CT molecular complexity index is 740. The number of hydrogen-bond acceptors (Lipinski definition) is 7. The van der Waals surface area contributed by atoms with Gasteiger partial charge in [-0.25, -0.2) is 9.37 Å². The number of anilines is 2. The maximum absolute atomic E-state index is 13.6. The van der Waals surface area contributed by atoms with Gasteiger partial charge in [0, 0.05) is 44.5 Å². The first-order valence-corrected chi connectivity index (χ1v) is 12.3. The molecule has 1 aromatic heterocycles. The number of nitrogens with zero attached hydrogens (tertiary/aromatic N) is 3. The molecule has 0 spiro atoms. The molecule has 1 aliphatic carbocycles. The number of likely N-dealkylation sites (tertiary alicyclic amines) is 1. The van der Waals surface area contributed by atoms with Gasteiger partial charge in [0.2, 0.25) is 5.95 Å². The van der Waals surface area contributed by atoms with Crippen molar-refractivity contribution in [3.05, 3.63) is 11.8 Å². The number of aliphatic hydroxyl groups is 1. The third-order valence-corrected chi connectivity index (χ3v) is 6.53. The first-order valence-electron chi connectivity index (χ1n) is 12.3. The van der Waals surface area contributed by atoms with Gasteiger partial charge >= 0.3 is 0 Å². The number of nitrogens with one attached hydrogen (secondary N) is 3.